The second-order valence-electron chi connectivity index (χ2n) is 5.49. The number of phenolic OH excluding ortho intramolecular Hbond substituents is 1. The molecule has 2 heterocycles. The van der Waals surface area contributed by atoms with Gasteiger partial charge in [-0.1, -0.05) is 18.2 Å². The number of ether oxygens (including phenoxy) is 1. The highest BCUT2D eigenvalue weighted by molar-refractivity contribution is 6.01. The van der Waals surface area contributed by atoms with Crippen LogP contribution in [0.5, 0.6) is 11.5 Å². The van der Waals surface area contributed by atoms with Crippen LogP contribution < -0.4 is 26.1 Å². The van der Waals surface area contributed by atoms with Crippen molar-refractivity contribution >= 4 is 27.1 Å². The number of methoxy groups -OCH3 is 1. The quantitative estimate of drug-likeness (QED) is 0.305. The molecule has 0 unspecified atom stereocenters. The fraction of sp³-hybridized carbons (Fsp3) is 0.105. The van der Waals surface area contributed by atoms with Crippen molar-refractivity contribution in [1.82, 2.24) is 0 Å². The van der Waals surface area contributed by atoms with Gasteiger partial charge in [0.15, 0.2) is 23.9 Å². The summed E-state index contributed by atoms with van der Waals surface area (Å²) >= 11 is 0. The predicted octanol–water partition coefficient (Wildman–Crippen LogP) is 0.758. The molecule has 0 atom stereocenters. The van der Waals surface area contributed by atoms with Gasteiger partial charge in [-0.15, -0.1) is 0 Å². The highest BCUT2D eigenvalue weighted by Gasteiger charge is 2.18. The molecule has 0 fully saturated rings. The third kappa shape index (κ3) is 2.21. The summed E-state index contributed by atoms with van der Waals surface area (Å²) < 4.78 is 7.28. The third-order valence-corrected chi connectivity index (χ3v) is 4.32. The SMILES string of the molecule is COc1ccc2c(C)c3c4ccccc4cc[n+]3cc2c1O.[Br-]. The highest BCUT2D eigenvalue weighted by atomic mass is 79.9. The molecule has 0 spiro atoms. The lowest BCUT2D eigenvalue weighted by atomic mass is 10.0. The first kappa shape index (κ1) is 15.6. The number of aromatic hydroxyl groups is 1. The molecule has 116 valence electrons. The van der Waals surface area contributed by atoms with Crippen molar-refractivity contribution in [3.63, 3.8) is 0 Å². The number of hydrogen-bond donors (Lipinski definition) is 1. The maximum absolute atomic E-state index is 10.4. The number of hydrogen-bond acceptors (Lipinski definition) is 2. The molecule has 0 amide bonds. The van der Waals surface area contributed by atoms with Crippen molar-refractivity contribution in [3.8, 4) is 11.5 Å². The van der Waals surface area contributed by atoms with E-state index in [2.05, 4.69) is 35.6 Å². The summed E-state index contributed by atoms with van der Waals surface area (Å²) in [6.07, 6.45) is 3.99. The predicted molar refractivity (Wildman–Crippen MR) is 87.6 cm³/mol. The van der Waals surface area contributed by atoms with Crippen molar-refractivity contribution in [2.75, 3.05) is 7.11 Å². The van der Waals surface area contributed by atoms with E-state index in [4.69, 9.17) is 4.74 Å². The fourth-order valence-corrected chi connectivity index (χ4v) is 3.21. The number of rotatable bonds is 1. The molecule has 3 nitrogen and oxygen atoms in total. The number of phenols is 1. The molecule has 2 aromatic carbocycles. The molecule has 1 N–H and O–H groups in total. The van der Waals surface area contributed by atoms with Gasteiger partial charge in [-0.25, -0.2) is 0 Å². The second-order valence-corrected chi connectivity index (χ2v) is 5.49. The molecule has 0 aliphatic rings. The number of nitrogens with zero attached hydrogens (tertiary/aromatic N) is 1. The van der Waals surface area contributed by atoms with Gasteiger partial charge in [-0.2, -0.15) is 4.40 Å². The molecule has 4 heteroatoms. The largest absolute Gasteiger partial charge is 1.00 e. The van der Waals surface area contributed by atoms with Crippen molar-refractivity contribution in [2.24, 2.45) is 0 Å². The Bertz CT molecular complexity index is 1040. The number of fused-ring (bicyclic) bond motifs is 4. The minimum atomic E-state index is 0. The smallest absolute Gasteiger partial charge is 0.222 e. The lowest BCUT2D eigenvalue weighted by Gasteiger charge is -2.09. The van der Waals surface area contributed by atoms with Gasteiger partial charge in [0.1, 0.15) is 0 Å². The Morgan fingerprint density at radius 2 is 1.74 bits per heavy atom. The van der Waals surface area contributed by atoms with Crippen LogP contribution in [0.3, 0.4) is 0 Å². The lowest BCUT2D eigenvalue weighted by Crippen LogP contribution is -3.00. The van der Waals surface area contributed by atoms with Crippen molar-refractivity contribution in [3.05, 3.63) is 60.4 Å². The topological polar surface area (TPSA) is 33.6 Å². The summed E-state index contributed by atoms with van der Waals surface area (Å²) in [4.78, 5) is 0. The Labute approximate surface area is 144 Å². The van der Waals surface area contributed by atoms with Gasteiger partial charge in [0.2, 0.25) is 5.52 Å². The summed E-state index contributed by atoms with van der Waals surface area (Å²) in [5, 5.41) is 14.7. The van der Waals surface area contributed by atoms with Gasteiger partial charge in [-0.05, 0) is 30.5 Å². The van der Waals surface area contributed by atoms with Crippen LogP contribution in [0.25, 0.3) is 27.1 Å². The Kier molecular flexibility index (Phi) is 3.86. The Balaban J connectivity index is 0.00000156. The highest BCUT2D eigenvalue weighted by Crippen LogP contribution is 2.36. The average Bonchev–Trinajstić information content (AvgIpc) is 2.55. The number of benzene rings is 2. The van der Waals surface area contributed by atoms with Crippen molar-refractivity contribution in [2.45, 2.75) is 6.92 Å². The molecule has 0 saturated heterocycles. The molecular formula is C19H16BrNO2. The van der Waals surface area contributed by atoms with Crippen LogP contribution in [0.15, 0.2) is 54.9 Å². The average molecular weight is 370 g/mol. The molecule has 0 bridgehead atoms. The first-order valence-corrected chi connectivity index (χ1v) is 7.22. The Morgan fingerprint density at radius 3 is 2.52 bits per heavy atom. The maximum atomic E-state index is 10.4. The van der Waals surface area contributed by atoms with Crippen LogP contribution in [-0.2, 0) is 0 Å². The van der Waals surface area contributed by atoms with Gasteiger partial charge in [0.25, 0.3) is 0 Å². The van der Waals surface area contributed by atoms with Crippen LogP contribution in [0.2, 0.25) is 0 Å². The first-order chi connectivity index (χ1) is 10.7. The van der Waals surface area contributed by atoms with E-state index in [1.54, 1.807) is 7.11 Å². The monoisotopic (exact) mass is 369 g/mol. The second kappa shape index (κ2) is 5.70. The molecular weight excluding hydrogens is 354 g/mol. The minimum Gasteiger partial charge on any atom is -1.00 e. The standard InChI is InChI=1S/C19H15NO2.BrH/c1-12-14-7-8-17(22-2)19(21)16(14)11-20-10-9-13-5-3-4-6-15(13)18(12)20;/h3-11H,1-2H3;1H. The van der Waals surface area contributed by atoms with Gasteiger partial charge >= 0.3 is 0 Å². The lowest BCUT2D eigenvalue weighted by molar-refractivity contribution is -0.509. The van der Waals surface area contributed by atoms with E-state index in [-0.39, 0.29) is 22.7 Å². The van der Waals surface area contributed by atoms with Crippen LogP contribution in [-0.4, -0.2) is 12.2 Å². The summed E-state index contributed by atoms with van der Waals surface area (Å²) in [7, 11) is 1.56. The van der Waals surface area contributed by atoms with E-state index in [0.717, 1.165) is 21.9 Å². The molecule has 4 rings (SSSR count). The molecule has 0 aliphatic heterocycles. The van der Waals surface area contributed by atoms with Gasteiger partial charge in [-0.3, -0.25) is 0 Å². The van der Waals surface area contributed by atoms with Crippen LogP contribution in [0.1, 0.15) is 5.56 Å². The van der Waals surface area contributed by atoms with E-state index >= 15 is 0 Å². The van der Waals surface area contributed by atoms with Gasteiger partial charge in [0, 0.05) is 17.0 Å². The molecule has 0 saturated carbocycles. The summed E-state index contributed by atoms with van der Waals surface area (Å²) in [5.41, 5.74) is 2.31. The van der Waals surface area contributed by atoms with Crippen LogP contribution in [0.4, 0.5) is 0 Å². The zero-order valence-electron chi connectivity index (χ0n) is 12.9. The number of halogens is 1. The normalized spacial score (nSPS) is 10.9. The molecule has 0 radical (unpaired) electrons. The number of aryl methyl sites for hydroxylation is 1. The van der Waals surface area contributed by atoms with Crippen molar-refractivity contribution in [1.29, 1.82) is 0 Å². The van der Waals surface area contributed by atoms with E-state index < -0.39 is 0 Å². The molecule has 2 aromatic heterocycles. The molecule has 4 aromatic rings. The summed E-state index contributed by atoms with van der Waals surface area (Å²) in [5.74, 6) is 0.679. The zero-order chi connectivity index (χ0) is 15.3. The number of pyridine rings is 2. The van der Waals surface area contributed by atoms with Crippen molar-refractivity contribution < 1.29 is 31.2 Å². The van der Waals surface area contributed by atoms with E-state index in [9.17, 15) is 5.11 Å². The number of aromatic nitrogens is 1. The van der Waals surface area contributed by atoms with E-state index in [1.807, 2.05) is 30.6 Å². The minimum absolute atomic E-state index is 0. The molecule has 0 aliphatic carbocycles. The van der Waals surface area contributed by atoms with E-state index in [1.165, 1.54) is 10.8 Å². The maximum Gasteiger partial charge on any atom is 0.222 e. The zero-order valence-corrected chi connectivity index (χ0v) is 14.5. The summed E-state index contributed by atoms with van der Waals surface area (Å²) in [6, 6.07) is 14.3. The molecule has 23 heavy (non-hydrogen) atoms. The van der Waals surface area contributed by atoms with Crippen LogP contribution in [0, 0.1) is 6.92 Å². The van der Waals surface area contributed by atoms with Crippen LogP contribution >= 0.6 is 0 Å². The third-order valence-electron chi connectivity index (χ3n) is 4.32. The van der Waals surface area contributed by atoms with Gasteiger partial charge in [0.05, 0.1) is 17.9 Å². The Morgan fingerprint density at radius 1 is 0.957 bits per heavy atom. The van der Waals surface area contributed by atoms with E-state index in [0.29, 0.717) is 5.75 Å². The summed E-state index contributed by atoms with van der Waals surface area (Å²) in [6.45, 7) is 2.09. The first-order valence-electron chi connectivity index (χ1n) is 7.22. The Hall–Kier alpha value is -2.33. The fourth-order valence-electron chi connectivity index (χ4n) is 3.21. The van der Waals surface area contributed by atoms with Gasteiger partial charge < -0.3 is 26.8 Å².